The molecule has 1 aliphatic heterocycles. The lowest BCUT2D eigenvalue weighted by Gasteiger charge is -2.58. The van der Waals surface area contributed by atoms with Crippen LogP contribution in [-0.4, -0.2) is 43.9 Å². The van der Waals surface area contributed by atoms with E-state index in [2.05, 4.69) is 0 Å². The largest absolute Gasteiger partial charge is 0.465 e. The minimum atomic E-state index is -3.42. The first-order valence-electron chi connectivity index (χ1n) is 7.14. The van der Waals surface area contributed by atoms with Crippen LogP contribution in [0.5, 0.6) is 0 Å². The van der Waals surface area contributed by atoms with E-state index in [-0.39, 0.29) is 10.3 Å². The molecule has 1 saturated carbocycles. The Morgan fingerprint density at radius 2 is 2.00 bits per heavy atom. The molecule has 0 aromatic heterocycles. The number of nitrogens with zero attached hydrogens (tertiary/aromatic N) is 1. The van der Waals surface area contributed by atoms with Crippen molar-refractivity contribution in [3.63, 3.8) is 0 Å². The van der Waals surface area contributed by atoms with Gasteiger partial charge >= 0.3 is 6.09 Å². The molecule has 2 fully saturated rings. The van der Waals surface area contributed by atoms with Crippen LogP contribution in [0.15, 0.2) is 23.1 Å². The fourth-order valence-corrected chi connectivity index (χ4v) is 4.44. The molecular formula is C15H18FNO4S. The van der Waals surface area contributed by atoms with Gasteiger partial charge in [0.25, 0.3) is 0 Å². The normalized spacial score (nSPS) is 20.5. The van der Waals surface area contributed by atoms with Crippen LogP contribution in [0.25, 0.3) is 0 Å². The zero-order valence-electron chi connectivity index (χ0n) is 12.3. The minimum Gasteiger partial charge on any atom is -0.465 e. The van der Waals surface area contributed by atoms with Gasteiger partial charge in [-0.25, -0.2) is 17.6 Å². The van der Waals surface area contributed by atoms with Crippen LogP contribution >= 0.6 is 0 Å². The average Bonchev–Trinajstić information content (AvgIpc) is 2.28. The van der Waals surface area contributed by atoms with Gasteiger partial charge in [0, 0.05) is 24.8 Å². The van der Waals surface area contributed by atoms with Crippen LogP contribution < -0.4 is 0 Å². The highest BCUT2D eigenvalue weighted by molar-refractivity contribution is 7.90. The van der Waals surface area contributed by atoms with E-state index >= 15 is 0 Å². The number of rotatable bonds is 3. The maximum atomic E-state index is 13.6. The number of benzene rings is 1. The SMILES string of the molecule is CS(=O)(=O)c1cc(F)cc(CC2CC3(C2)CN(C(=O)O)C3)c1. The number of carbonyl (C=O) groups is 1. The van der Waals surface area contributed by atoms with Crippen molar-refractivity contribution in [3.8, 4) is 0 Å². The van der Waals surface area contributed by atoms with Crippen LogP contribution in [0.4, 0.5) is 9.18 Å². The molecule has 1 saturated heterocycles. The van der Waals surface area contributed by atoms with Gasteiger partial charge in [-0.3, -0.25) is 0 Å². The third-order valence-electron chi connectivity index (χ3n) is 4.65. The van der Waals surface area contributed by atoms with Gasteiger partial charge in [-0.05, 0) is 48.9 Å². The predicted octanol–water partition coefficient (Wildman–Crippen LogP) is 2.16. The average molecular weight is 327 g/mol. The molecule has 1 heterocycles. The fraction of sp³-hybridized carbons (Fsp3) is 0.533. The maximum absolute atomic E-state index is 13.6. The summed E-state index contributed by atoms with van der Waals surface area (Å²) >= 11 is 0. The molecule has 1 N–H and O–H groups in total. The van der Waals surface area contributed by atoms with Crippen molar-refractivity contribution in [1.82, 2.24) is 4.90 Å². The Morgan fingerprint density at radius 1 is 1.36 bits per heavy atom. The van der Waals surface area contributed by atoms with Crippen molar-refractivity contribution in [2.45, 2.75) is 24.2 Å². The number of carboxylic acid groups (broad SMARTS) is 1. The summed E-state index contributed by atoms with van der Waals surface area (Å²) in [6.45, 7) is 1.16. The highest BCUT2D eigenvalue weighted by atomic mass is 32.2. The second-order valence-electron chi connectivity index (χ2n) is 6.68. The summed E-state index contributed by atoms with van der Waals surface area (Å²) in [6.07, 6.45) is 2.66. The van der Waals surface area contributed by atoms with Crippen molar-refractivity contribution in [2.24, 2.45) is 11.3 Å². The van der Waals surface area contributed by atoms with Crippen molar-refractivity contribution >= 4 is 15.9 Å². The number of amides is 1. The van der Waals surface area contributed by atoms with E-state index in [0.717, 1.165) is 25.2 Å². The Morgan fingerprint density at radius 3 is 2.55 bits per heavy atom. The van der Waals surface area contributed by atoms with Crippen LogP contribution in [0.3, 0.4) is 0 Å². The van der Waals surface area contributed by atoms with E-state index in [0.29, 0.717) is 31.0 Å². The molecule has 0 unspecified atom stereocenters. The second kappa shape index (κ2) is 4.94. The highest BCUT2D eigenvalue weighted by Gasteiger charge is 2.53. The molecule has 22 heavy (non-hydrogen) atoms. The highest BCUT2D eigenvalue weighted by Crippen LogP contribution is 2.52. The first-order chi connectivity index (χ1) is 10.2. The van der Waals surface area contributed by atoms with Gasteiger partial charge in [-0.1, -0.05) is 0 Å². The Kier molecular flexibility index (Phi) is 3.43. The molecule has 0 radical (unpaired) electrons. The number of hydrogen-bond acceptors (Lipinski definition) is 3. The summed E-state index contributed by atoms with van der Waals surface area (Å²) in [7, 11) is -3.42. The lowest BCUT2D eigenvalue weighted by Crippen LogP contribution is -2.63. The predicted molar refractivity (Wildman–Crippen MR) is 78.0 cm³/mol. The molecule has 2 aliphatic rings. The first-order valence-corrected chi connectivity index (χ1v) is 9.03. The Labute approximate surface area is 128 Å². The standard InChI is InChI=1S/C15H18FNO4S/c1-22(20,21)13-4-10(3-12(16)5-13)2-11-6-15(7-11)8-17(9-15)14(18)19/h3-5,11H,2,6-9H2,1H3,(H,18,19). The molecular weight excluding hydrogens is 309 g/mol. The molecule has 5 nitrogen and oxygen atoms in total. The van der Waals surface area contributed by atoms with Crippen molar-refractivity contribution < 1.29 is 22.7 Å². The summed E-state index contributed by atoms with van der Waals surface area (Å²) < 4.78 is 36.6. The number of halogens is 1. The van der Waals surface area contributed by atoms with Gasteiger partial charge < -0.3 is 10.0 Å². The van der Waals surface area contributed by atoms with Crippen molar-refractivity contribution in [1.29, 1.82) is 0 Å². The quantitative estimate of drug-likeness (QED) is 0.923. The molecule has 0 atom stereocenters. The van der Waals surface area contributed by atoms with E-state index in [9.17, 15) is 17.6 Å². The molecule has 1 aromatic carbocycles. The van der Waals surface area contributed by atoms with Crippen LogP contribution in [-0.2, 0) is 16.3 Å². The van der Waals surface area contributed by atoms with Gasteiger partial charge in [-0.2, -0.15) is 0 Å². The van der Waals surface area contributed by atoms with E-state index in [1.165, 1.54) is 17.0 Å². The lowest BCUT2D eigenvalue weighted by molar-refractivity contribution is -0.0794. The summed E-state index contributed by atoms with van der Waals surface area (Å²) in [5.74, 6) is -0.169. The Balaban J connectivity index is 1.62. The number of likely N-dealkylation sites (tertiary alicyclic amines) is 1. The zero-order valence-corrected chi connectivity index (χ0v) is 13.1. The maximum Gasteiger partial charge on any atom is 0.407 e. The zero-order chi connectivity index (χ0) is 16.1. The molecule has 7 heteroatoms. The summed E-state index contributed by atoms with van der Waals surface area (Å²) in [6, 6.07) is 3.95. The fourth-order valence-electron chi connectivity index (χ4n) is 3.75. The Bertz CT molecular complexity index is 717. The molecule has 1 amide bonds. The van der Waals surface area contributed by atoms with Gasteiger partial charge in [0.15, 0.2) is 9.84 Å². The third-order valence-corrected chi connectivity index (χ3v) is 5.74. The number of hydrogen-bond donors (Lipinski definition) is 1. The summed E-state index contributed by atoms with van der Waals surface area (Å²) in [5, 5.41) is 8.85. The minimum absolute atomic E-state index is 0.0113. The molecule has 3 rings (SSSR count). The van der Waals surface area contributed by atoms with Crippen molar-refractivity contribution in [2.75, 3.05) is 19.3 Å². The third kappa shape index (κ3) is 2.82. The molecule has 1 spiro atoms. The van der Waals surface area contributed by atoms with E-state index in [1.807, 2.05) is 0 Å². The first kappa shape index (κ1) is 15.3. The van der Waals surface area contributed by atoms with Gasteiger partial charge in [-0.15, -0.1) is 0 Å². The summed E-state index contributed by atoms with van der Waals surface area (Å²) in [4.78, 5) is 12.2. The van der Waals surface area contributed by atoms with E-state index in [1.54, 1.807) is 0 Å². The molecule has 0 bridgehead atoms. The lowest BCUT2D eigenvalue weighted by atomic mass is 9.56. The van der Waals surface area contributed by atoms with Gasteiger partial charge in [0.1, 0.15) is 5.82 Å². The second-order valence-corrected chi connectivity index (χ2v) is 8.70. The van der Waals surface area contributed by atoms with Gasteiger partial charge in [0.2, 0.25) is 0 Å². The van der Waals surface area contributed by atoms with Gasteiger partial charge in [0.05, 0.1) is 4.90 Å². The number of sulfone groups is 1. The van der Waals surface area contributed by atoms with E-state index in [4.69, 9.17) is 5.11 Å². The van der Waals surface area contributed by atoms with Crippen LogP contribution in [0.1, 0.15) is 18.4 Å². The summed E-state index contributed by atoms with van der Waals surface area (Å²) in [5.41, 5.74) is 0.797. The smallest absolute Gasteiger partial charge is 0.407 e. The van der Waals surface area contributed by atoms with Crippen LogP contribution in [0.2, 0.25) is 0 Å². The molecule has 120 valence electrons. The monoisotopic (exact) mass is 327 g/mol. The topological polar surface area (TPSA) is 74.7 Å². The van der Waals surface area contributed by atoms with Crippen molar-refractivity contribution in [3.05, 3.63) is 29.6 Å². The Hall–Kier alpha value is -1.63. The van der Waals surface area contributed by atoms with E-state index < -0.39 is 21.7 Å². The molecule has 1 aromatic rings. The van der Waals surface area contributed by atoms with Crippen LogP contribution in [0, 0.1) is 17.2 Å². The molecule has 1 aliphatic carbocycles.